The average Bonchev–Trinajstić information content (AvgIpc) is 3.31. The van der Waals surface area contributed by atoms with Crippen molar-refractivity contribution in [2.45, 2.75) is 143 Å². The number of unbranched alkanes of at least 4 members (excludes halogenated alkanes) is 7. The molecule has 0 bridgehead atoms. The lowest BCUT2D eigenvalue weighted by Crippen LogP contribution is -2.47. The number of ketones is 2. The molecule has 0 aromatic rings. The van der Waals surface area contributed by atoms with Crippen molar-refractivity contribution in [2.24, 2.45) is 17.8 Å². The van der Waals surface area contributed by atoms with Gasteiger partial charge in [0.2, 0.25) is 35.4 Å². The van der Waals surface area contributed by atoms with E-state index in [-0.39, 0.29) is 37.5 Å². The van der Waals surface area contributed by atoms with Gasteiger partial charge in [-0.1, -0.05) is 72.6 Å². The van der Waals surface area contributed by atoms with Gasteiger partial charge >= 0.3 is 0 Å². The highest BCUT2D eigenvalue weighted by Crippen LogP contribution is 2.21. The Hall–Kier alpha value is -4.00. The van der Waals surface area contributed by atoms with Crippen molar-refractivity contribution in [3.63, 3.8) is 0 Å². The summed E-state index contributed by atoms with van der Waals surface area (Å²) in [7, 11) is 10.9. The molecule has 4 atom stereocenters. The zero-order valence-electron chi connectivity index (χ0n) is 44.2. The molecule has 394 valence electrons. The van der Waals surface area contributed by atoms with E-state index in [0.717, 1.165) is 84.0 Å². The minimum absolute atomic E-state index is 0.201. The van der Waals surface area contributed by atoms with Gasteiger partial charge in [0.05, 0.1) is 24.3 Å². The molecule has 4 unspecified atom stereocenters. The molecule has 0 saturated carbocycles. The van der Waals surface area contributed by atoms with Crippen LogP contribution in [0.1, 0.15) is 137 Å². The summed E-state index contributed by atoms with van der Waals surface area (Å²) in [5.41, 5.74) is 0. The van der Waals surface area contributed by atoms with Crippen molar-refractivity contribution in [1.82, 2.24) is 51.5 Å². The summed E-state index contributed by atoms with van der Waals surface area (Å²) in [6.07, 6.45) is 7.59. The van der Waals surface area contributed by atoms with E-state index < -0.39 is 71.8 Å². The summed E-state index contributed by atoms with van der Waals surface area (Å²) >= 11 is 0. The molecule has 0 heterocycles. The van der Waals surface area contributed by atoms with Gasteiger partial charge in [-0.3, -0.25) is 38.4 Å². The van der Waals surface area contributed by atoms with Crippen LogP contribution in [-0.4, -0.2) is 187 Å². The second-order valence-electron chi connectivity index (χ2n) is 18.6. The summed E-state index contributed by atoms with van der Waals surface area (Å²) in [6.45, 7) is 14.2. The molecule has 0 aromatic heterocycles. The maximum absolute atomic E-state index is 14.4. The molecular formula is C50H96N10O8. The Morgan fingerprint density at radius 1 is 0.441 bits per heavy atom. The number of nitrogens with one attached hydrogen (secondary N) is 6. The van der Waals surface area contributed by atoms with Crippen LogP contribution < -0.4 is 31.9 Å². The Bertz CT molecular complexity index is 1470. The molecular weight excluding hydrogens is 869 g/mol. The number of carbonyl (C=O) groups excluding carboxylic acids is 8. The van der Waals surface area contributed by atoms with Gasteiger partial charge in [0.1, 0.15) is 5.78 Å². The molecule has 68 heavy (non-hydrogen) atoms. The Morgan fingerprint density at radius 2 is 0.941 bits per heavy atom. The van der Waals surface area contributed by atoms with E-state index in [1.165, 1.54) is 4.90 Å². The lowest BCUT2D eigenvalue weighted by Gasteiger charge is -2.27. The number of Topliss-reactive ketones (excluding diaryl/α,β-unsaturated/α-hetero) is 2. The van der Waals surface area contributed by atoms with Gasteiger partial charge in [-0.15, -0.1) is 0 Å². The van der Waals surface area contributed by atoms with Gasteiger partial charge in [-0.2, -0.15) is 0 Å². The molecule has 18 nitrogen and oxygen atoms in total. The smallest absolute Gasteiger partial charge is 0.226 e. The molecule has 18 heteroatoms. The first-order valence-electron chi connectivity index (χ1n) is 25.8. The van der Waals surface area contributed by atoms with Crippen molar-refractivity contribution in [3.8, 4) is 0 Å². The maximum Gasteiger partial charge on any atom is 0.226 e. The fourth-order valence-corrected chi connectivity index (χ4v) is 7.53. The number of amides is 6. The standard InChI is InChI=1S/C50H96N10O8/c1-11-15-18-20-23-53-45(63)38-43(56-46(64)36-39(14-4)48(66)55-24-21-19-16-12-2)44(62)35-41(50(68)60(10)32-30-58(8)28-26-52-6)34-42(61)33-40(49(67)54-22-17-13-3)37-47(65)59(9)31-29-57(7)27-25-51-5/h39-41,43,51-52H,11-38H2,1-10H3,(H,53,63)(H,54,67)(H,55,66)(H,56,64). The van der Waals surface area contributed by atoms with Gasteiger partial charge < -0.3 is 51.5 Å². The zero-order valence-corrected chi connectivity index (χ0v) is 44.2. The van der Waals surface area contributed by atoms with E-state index in [2.05, 4.69) is 50.6 Å². The first-order chi connectivity index (χ1) is 32.5. The Balaban J connectivity index is 6.65. The van der Waals surface area contributed by atoms with Gasteiger partial charge in [0, 0.05) is 124 Å². The highest BCUT2D eigenvalue weighted by Gasteiger charge is 2.34. The van der Waals surface area contributed by atoms with Crippen LogP contribution in [0.25, 0.3) is 0 Å². The summed E-state index contributed by atoms with van der Waals surface area (Å²) in [6, 6.07) is -1.33. The monoisotopic (exact) mass is 965 g/mol. The van der Waals surface area contributed by atoms with Gasteiger partial charge in [0.25, 0.3) is 0 Å². The molecule has 6 amide bonds. The van der Waals surface area contributed by atoms with E-state index in [1.807, 2.05) is 46.9 Å². The van der Waals surface area contributed by atoms with Crippen LogP contribution in [0.5, 0.6) is 0 Å². The topological polar surface area (TPSA) is 222 Å². The van der Waals surface area contributed by atoms with Crippen molar-refractivity contribution in [1.29, 1.82) is 0 Å². The first-order valence-corrected chi connectivity index (χ1v) is 25.8. The van der Waals surface area contributed by atoms with Crippen molar-refractivity contribution in [3.05, 3.63) is 0 Å². The average molecular weight is 965 g/mol. The lowest BCUT2D eigenvalue weighted by atomic mass is 9.87. The molecule has 0 fully saturated rings. The molecule has 0 aliphatic carbocycles. The van der Waals surface area contributed by atoms with Crippen LogP contribution in [0, 0.1) is 17.8 Å². The predicted octanol–water partition coefficient (Wildman–Crippen LogP) is 2.74. The summed E-state index contributed by atoms with van der Waals surface area (Å²) in [4.78, 5) is 117. The molecule has 0 aliphatic rings. The lowest BCUT2D eigenvalue weighted by molar-refractivity contribution is -0.141. The highest BCUT2D eigenvalue weighted by molar-refractivity contribution is 5.98. The summed E-state index contributed by atoms with van der Waals surface area (Å²) < 4.78 is 0. The SMILES string of the molecule is CCCCCCNC(=O)CC(NC(=O)CC(CC)C(=O)NCCCCCC)C(=O)CC(CC(=O)CC(CC(=O)N(C)CCN(C)CCNC)C(=O)NCCCC)C(=O)N(C)CCN(C)CCNC. The Labute approximate surface area is 410 Å². The molecule has 0 rings (SSSR count). The molecule has 0 aromatic carbocycles. The normalized spacial score (nSPS) is 13.1. The van der Waals surface area contributed by atoms with Crippen molar-refractivity contribution in [2.75, 3.05) is 114 Å². The number of rotatable bonds is 43. The third-order valence-electron chi connectivity index (χ3n) is 12.4. The largest absolute Gasteiger partial charge is 0.356 e. The first kappa shape index (κ1) is 64.0. The molecule has 6 N–H and O–H groups in total. The van der Waals surface area contributed by atoms with E-state index >= 15 is 0 Å². The van der Waals surface area contributed by atoms with E-state index in [1.54, 1.807) is 19.0 Å². The van der Waals surface area contributed by atoms with Crippen LogP contribution in [0.3, 0.4) is 0 Å². The van der Waals surface area contributed by atoms with Crippen LogP contribution in [0.2, 0.25) is 0 Å². The Morgan fingerprint density at radius 3 is 1.47 bits per heavy atom. The minimum Gasteiger partial charge on any atom is -0.356 e. The molecule has 0 aliphatic heterocycles. The van der Waals surface area contributed by atoms with Crippen LogP contribution in [0.4, 0.5) is 0 Å². The molecule has 0 saturated heterocycles. The van der Waals surface area contributed by atoms with Crippen molar-refractivity contribution >= 4 is 47.0 Å². The van der Waals surface area contributed by atoms with Crippen molar-refractivity contribution < 1.29 is 38.4 Å². The van der Waals surface area contributed by atoms with Crippen LogP contribution in [0.15, 0.2) is 0 Å². The van der Waals surface area contributed by atoms with Crippen LogP contribution >= 0.6 is 0 Å². The summed E-state index contributed by atoms with van der Waals surface area (Å²) in [5.74, 6) is -6.40. The van der Waals surface area contributed by atoms with E-state index in [4.69, 9.17) is 0 Å². The minimum atomic E-state index is -1.33. The Kier molecular flexibility index (Phi) is 37.5. The van der Waals surface area contributed by atoms with Gasteiger partial charge in [0.15, 0.2) is 5.78 Å². The second-order valence-corrected chi connectivity index (χ2v) is 18.6. The fourth-order valence-electron chi connectivity index (χ4n) is 7.53. The maximum atomic E-state index is 14.4. The highest BCUT2D eigenvalue weighted by atomic mass is 16.2. The second kappa shape index (κ2) is 39.8. The third kappa shape index (κ3) is 30.5. The van der Waals surface area contributed by atoms with E-state index in [0.29, 0.717) is 58.7 Å². The zero-order chi connectivity index (χ0) is 51.3. The number of hydrogen-bond acceptors (Lipinski definition) is 12. The van der Waals surface area contributed by atoms with E-state index in [9.17, 15) is 38.4 Å². The van der Waals surface area contributed by atoms with Crippen LogP contribution in [-0.2, 0) is 38.4 Å². The number of carbonyl (C=O) groups is 8. The molecule has 0 radical (unpaired) electrons. The fraction of sp³-hybridized carbons (Fsp3) is 0.840. The van der Waals surface area contributed by atoms with Gasteiger partial charge in [-0.25, -0.2) is 0 Å². The number of nitrogens with zero attached hydrogens (tertiary/aromatic N) is 4. The summed E-state index contributed by atoms with van der Waals surface area (Å²) in [5, 5.41) is 17.6. The number of likely N-dealkylation sites (N-methyl/N-ethyl adjacent to an activating group) is 6. The number of hydrogen-bond donors (Lipinski definition) is 6. The predicted molar refractivity (Wildman–Crippen MR) is 271 cm³/mol. The van der Waals surface area contributed by atoms with Gasteiger partial charge in [-0.05, 0) is 53.9 Å². The quantitative estimate of drug-likeness (QED) is 0.0486. The molecule has 0 spiro atoms. The third-order valence-corrected chi connectivity index (χ3v) is 12.4.